The van der Waals surface area contributed by atoms with E-state index in [2.05, 4.69) is 25.8 Å². The lowest BCUT2D eigenvalue weighted by molar-refractivity contribution is 0.642. The minimum absolute atomic E-state index is 0.00611. The Morgan fingerprint density at radius 2 is 2.11 bits per heavy atom. The zero-order valence-corrected chi connectivity index (χ0v) is 11.8. The Balaban J connectivity index is 2.22. The average Bonchev–Trinajstić information content (AvgIpc) is 2.36. The van der Waals surface area contributed by atoms with Gasteiger partial charge in [-0.15, -0.1) is 0 Å². The minimum atomic E-state index is -0.00611. The van der Waals surface area contributed by atoms with Gasteiger partial charge in [-0.3, -0.25) is 9.20 Å². The summed E-state index contributed by atoms with van der Waals surface area (Å²) in [6, 6.07) is 7.23. The van der Waals surface area contributed by atoms with Gasteiger partial charge in [0.25, 0.3) is 5.56 Å². The maximum atomic E-state index is 11.9. The number of nitrogens with zero attached hydrogens (tertiary/aromatic N) is 2. The highest BCUT2D eigenvalue weighted by atomic mass is 32.2. The summed E-state index contributed by atoms with van der Waals surface area (Å²) in [4.78, 5) is 16.4. The average molecular weight is 262 g/mol. The maximum absolute atomic E-state index is 11.9. The Bertz CT molecular complexity index is 592. The smallest absolute Gasteiger partial charge is 0.258 e. The third-order valence-electron chi connectivity index (χ3n) is 3.06. The van der Waals surface area contributed by atoms with Crippen molar-refractivity contribution in [1.29, 1.82) is 0 Å². The molecule has 0 bridgehead atoms. The van der Waals surface area contributed by atoms with Gasteiger partial charge in [-0.1, -0.05) is 26.8 Å². The molecule has 0 saturated carbocycles. The maximum Gasteiger partial charge on any atom is 0.258 e. The molecule has 96 valence electrons. The van der Waals surface area contributed by atoms with Crippen LogP contribution in [0.2, 0.25) is 0 Å². The molecule has 2 aromatic rings. The van der Waals surface area contributed by atoms with Crippen LogP contribution in [0.25, 0.3) is 5.65 Å². The van der Waals surface area contributed by atoms with Gasteiger partial charge < -0.3 is 0 Å². The fourth-order valence-electron chi connectivity index (χ4n) is 1.59. The number of thioether (sulfide) groups is 1. The first-order chi connectivity index (χ1) is 8.58. The van der Waals surface area contributed by atoms with Crippen molar-refractivity contribution in [2.24, 2.45) is 5.92 Å². The van der Waals surface area contributed by atoms with E-state index < -0.39 is 0 Å². The fraction of sp³-hybridized carbons (Fsp3) is 0.429. The molecule has 2 rings (SSSR count). The van der Waals surface area contributed by atoms with Crippen molar-refractivity contribution in [2.45, 2.75) is 31.8 Å². The predicted molar refractivity (Wildman–Crippen MR) is 77.1 cm³/mol. The number of rotatable bonds is 4. The van der Waals surface area contributed by atoms with E-state index in [-0.39, 0.29) is 5.56 Å². The second-order valence-electron chi connectivity index (χ2n) is 4.77. The van der Waals surface area contributed by atoms with Crippen LogP contribution in [0.4, 0.5) is 0 Å². The molecule has 3 nitrogen and oxygen atoms in total. The van der Waals surface area contributed by atoms with Crippen molar-refractivity contribution < 1.29 is 0 Å². The highest BCUT2D eigenvalue weighted by Gasteiger charge is 2.09. The molecule has 0 fully saturated rings. The number of hydrogen-bond acceptors (Lipinski definition) is 3. The topological polar surface area (TPSA) is 34.4 Å². The van der Waals surface area contributed by atoms with E-state index in [1.165, 1.54) is 0 Å². The van der Waals surface area contributed by atoms with Gasteiger partial charge in [0.1, 0.15) is 5.65 Å². The van der Waals surface area contributed by atoms with Gasteiger partial charge in [0, 0.05) is 23.3 Å². The standard InChI is InChI=1S/C14H18N2OS/c1-10(2)11(3)18-9-12-8-14(17)16-7-5-4-6-13(16)15-12/h4-8,10-11H,9H2,1-3H3. The van der Waals surface area contributed by atoms with E-state index in [0.717, 1.165) is 17.1 Å². The van der Waals surface area contributed by atoms with Crippen molar-refractivity contribution in [3.05, 3.63) is 46.5 Å². The van der Waals surface area contributed by atoms with E-state index in [9.17, 15) is 4.79 Å². The van der Waals surface area contributed by atoms with Crippen molar-refractivity contribution in [3.63, 3.8) is 0 Å². The van der Waals surface area contributed by atoms with Crippen LogP contribution in [0.3, 0.4) is 0 Å². The molecule has 0 spiro atoms. The molecule has 4 heteroatoms. The van der Waals surface area contributed by atoms with Crippen LogP contribution in [0.5, 0.6) is 0 Å². The molecule has 0 N–H and O–H groups in total. The summed E-state index contributed by atoms with van der Waals surface area (Å²) in [7, 11) is 0. The van der Waals surface area contributed by atoms with Crippen LogP contribution in [-0.2, 0) is 5.75 Å². The van der Waals surface area contributed by atoms with Crippen LogP contribution in [-0.4, -0.2) is 14.6 Å². The molecule has 0 saturated heterocycles. The number of aromatic nitrogens is 2. The second-order valence-corrected chi connectivity index (χ2v) is 6.14. The van der Waals surface area contributed by atoms with Crippen molar-refractivity contribution in [1.82, 2.24) is 9.38 Å². The Morgan fingerprint density at radius 3 is 2.83 bits per heavy atom. The zero-order chi connectivity index (χ0) is 13.1. The monoisotopic (exact) mass is 262 g/mol. The molecule has 0 aliphatic heterocycles. The van der Waals surface area contributed by atoms with Crippen molar-refractivity contribution in [2.75, 3.05) is 0 Å². The van der Waals surface area contributed by atoms with Gasteiger partial charge in [-0.25, -0.2) is 4.98 Å². The van der Waals surface area contributed by atoms with E-state index in [1.807, 2.05) is 30.0 Å². The molecule has 1 unspecified atom stereocenters. The largest absolute Gasteiger partial charge is 0.269 e. The van der Waals surface area contributed by atoms with Crippen LogP contribution in [0, 0.1) is 5.92 Å². The Morgan fingerprint density at radius 1 is 1.33 bits per heavy atom. The molecule has 0 aliphatic rings. The summed E-state index contributed by atoms with van der Waals surface area (Å²) in [5, 5.41) is 0.570. The summed E-state index contributed by atoms with van der Waals surface area (Å²) in [5.41, 5.74) is 1.58. The third kappa shape index (κ3) is 2.93. The highest BCUT2D eigenvalue weighted by Crippen LogP contribution is 2.21. The summed E-state index contributed by atoms with van der Waals surface area (Å²) in [6.45, 7) is 6.63. The van der Waals surface area contributed by atoms with Crippen molar-refractivity contribution in [3.8, 4) is 0 Å². The van der Waals surface area contributed by atoms with E-state index in [0.29, 0.717) is 11.2 Å². The molecule has 0 aliphatic carbocycles. The zero-order valence-electron chi connectivity index (χ0n) is 11.0. The molecule has 2 heterocycles. The first kappa shape index (κ1) is 13.1. The van der Waals surface area contributed by atoms with Gasteiger partial charge in [0.2, 0.25) is 0 Å². The number of hydrogen-bond donors (Lipinski definition) is 0. The van der Waals surface area contributed by atoms with Crippen molar-refractivity contribution >= 4 is 17.4 Å². The first-order valence-corrected chi connectivity index (χ1v) is 7.21. The van der Waals surface area contributed by atoms with Gasteiger partial charge in [-0.05, 0) is 18.1 Å². The van der Waals surface area contributed by atoms with Crippen LogP contribution >= 0.6 is 11.8 Å². The van der Waals surface area contributed by atoms with E-state index >= 15 is 0 Å². The van der Waals surface area contributed by atoms with Gasteiger partial charge in [0.05, 0.1) is 5.69 Å². The third-order valence-corrected chi connectivity index (χ3v) is 4.59. The van der Waals surface area contributed by atoms with Crippen LogP contribution < -0.4 is 5.56 Å². The summed E-state index contributed by atoms with van der Waals surface area (Å²) in [5.74, 6) is 1.43. The van der Waals surface area contributed by atoms with Crippen LogP contribution in [0.1, 0.15) is 26.5 Å². The lowest BCUT2D eigenvalue weighted by atomic mass is 10.2. The molecular formula is C14H18N2OS. The molecule has 1 atom stereocenters. The van der Waals surface area contributed by atoms with Gasteiger partial charge in [-0.2, -0.15) is 11.8 Å². The number of pyridine rings is 1. The van der Waals surface area contributed by atoms with E-state index in [1.54, 1.807) is 16.7 Å². The lowest BCUT2D eigenvalue weighted by Crippen LogP contribution is -2.15. The summed E-state index contributed by atoms with van der Waals surface area (Å²) in [6.07, 6.45) is 1.75. The molecule has 0 aromatic carbocycles. The normalized spacial score (nSPS) is 13.1. The minimum Gasteiger partial charge on any atom is -0.269 e. The summed E-state index contributed by atoms with van der Waals surface area (Å²) < 4.78 is 1.57. The molecule has 0 amide bonds. The Kier molecular flexibility index (Phi) is 4.07. The first-order valence-electron chi connectivity index (χ1n) is 6.17. The quantitative estimate of drug-likeness (QED) is 0.849. The molecule has 18 heavy (non-hydrogen) atoms. The van der Waals surface area contributed by atoms with Gasteiger partial charge >= 0.3 is 0 Å². The second kappa shape index (κ2) is 5.57. The summed E-state index contributed by atoms with van der Waals surface area (Å²) >= 11 is 1.84. The molecule has 2 aromatic heterocycles. The molecular weight excluding hydrogens is 244 g/mol. The molecule has 0 radical (unpaired) electrons. The van der Waals surface area contributed by atoms with E-state index in [4.69, 9.17) is 0 Å². The fourth-order valence-corrected chi connectivity index (χ4v) is 2.55. The number of fused-ring (bicyclic) bond motifs is 1. The SMILES string of the molecule is CC(C)C(C)SCc1cc(=O)n2ccccc2n1. The predicted octanol–water partition coefficient (Wildman–Crippen LogP) is 2.97. The lowest BCUT2D eigenvalue weighted by Gasteiger charge is -2.14. The van der Waals surface area contributed by atoms with Crippen LogP contribution in [0.15, 0.2) is 35.3 Å². The van der Waals surface area contributed by atoms with Gasteiger partial charge in [0.15, 0.2) is 0 Å². The highest BCUT2D eigenvalue weighted by molar-refractivity contribution is 7.99. The Labute approximate surface area is 111 Å². The Hall–Kier alpha value is -1.29.